The molecule has 1 unspecified atom stereocenters. The average molecular weight is 690 g/mol. The Bertz CT molecular complexity index is 1880. The summed E-state index contributed by atoms with van der Waals surface area (Å²) in [5, 5.41) is 15.8. The number of nitrogens with one attached hydrogen (secondary N) is 3. The van der Waals surface area contributed by atoms with Crippen LogP contribution in [0.25, 0.3) is 22.5 Å². The highest BCUT2D eigenvalue weighted by Crippen LogP contribution is 2.35. The number of ether oxygens (including phenoxy) is 1. The molecule has 3 aromatic carbocycles. The van der Waals surface area contributed by atoms with Crippen molar-refractivity contribution in [3.8, 4) is 28.2 Å². The molecule has 0 saturated heterocycles. The molecular weight excluding hydrogens is 655 g/mol. The van der Waals surface area contributed by atoms with Gasteiger partial charge in [0, 0.05) is 47.5 Å². The van der Waals surface area contributed by atoms with E-state index in [9.17, 15) is 22.8 Å². The van der Waals surface area contributed by atoms with E-state index in [4.69, 9.17) is 19.1 Å². The molecule has 0 aliphatic rings. The Morgan fingerprint density at radius 1 is 0.860 bits per heavy atom. The molecule has 1 atom stereocenters. The lowest BCUT2D eigenvalue weighted by Crippen LogP contribution is -2.34. The number of carbonyl (C=O) groups is 3. The Morgan fingerprint density at radius 3 is 2.10 bits per heavy atom. The van der Waals surface area contributed by atoms with Gasteiger partial charge in [-0.25, -0.2) is 9.59 Å². The number of methoxy groups -OCH3 is 1. The van der Waals surface area contributed by atoms with E-state index in [2.05, 4.69) is 25.8 Å². The fraction of sp³-hybridized carbons (Fsp3) is 0.167. The number of furan rings is 1. The van der Waals surface area contributed by atoms with Gasteiger partial charge in [0.05, 0.1) is 13.2 Å². The topological polar surface area (TPSA) is 146 Å². The second-order valence-electron chi connectivity index (χ2n) is 10.9. The van der Waals surface area contributed by atoms with Crippen LogP contribution in [-0.2, 0) is 4.79 Å². The van der Waals surface area contributed by atoms with Crippen molar-refractivity contribution in [2.24, 2.45) is 0 Å². The summed E-state index contributed by atoms with van der Waals surface area (Å²) in [5.74, 6) is -1.68. The maximum Gasteiger partial charge on any atom is 0.490 e. The van der Waals surface area contributed by atoms with Gasteiger partial charge in [-0.2, -0.15) is 13.2 Å². The normalized spacial score (nSPS) is 11.5. The Labute approximate surface area is 285 Å². The van der Waals surface area contributed by atoms with E-state index in [1.54, 1.807) is 62.0 Å². The summed E-state index contributed by atoms with van der Waals surface area (Å²) in [6.45, 7) is 0.411. The molecule has 0 aliphatic heterocycles. The quantitative estimate of drug-likeness (QED) is 0.119. The summed E-state index contributed by atoms with van der Waals surface area (Å²) < 4.78 is 43.1. The largest absolute Gasteiger partial charge is 0.497 e. The second-order valence-corrected chi connectivity index (χ2v) is 10.9. The van der Waals surface area contributed by atoms with Gasteiger partial charge in [0.15, 0.2) is 5.76 Å². The van der Waals surface area contributed by atoms with Crippen LogP contribution in [0.2, 0.25) is 0 Å². The molecule has 0 saturated carbocycles. The number of likely N-dealkylation sites (N-methyl/N-ethyl adjacent to an activating group) is 1. The van der Waals surface area contributed by atoms with Crippen LogP contribution in [0.1, 0.15) is 22.2 Å². The molecule has 0 spiro atoms. The van der Waals surface area contributed by atoms with Crippen LogP contribution in [0.15, 0.2) is 114 Å². The molecule has 4 N–H and O–H groups in total. The molecule has 0 aliphatic carbocycles. The first-order chi connectivity index (χ1) is 23.8. The zero-order chi connectivity index (χ0) is 36.3. The Kier molecular flexibility index (Phi) is 12.3. The fourth-order valence-corrected chi connectivity index (χ4v) is 4.71. The van der Waals surface area contributed by atoms with E-state index in [0.717, 1.165) is 22.3 Å². The number of hydrogen-bond acceptors (Lipinski definition) is 7. The van der Waals surface area contributed by atoms with E-state index in [1.165, 1.54) is 0 Å². The predicted octanol–water partition coefficient (Wildman–Crippen LogP) is 7.33. The summed E-state index contributed by atoms with van der Waals surface area (Å²) in [5.41, 5.74) is 4.68. The van der Waals surface area contributed by atoms with E-state index < -0.39 is 12.1 Å². The smallest absolute Gasteiger partial charge is 0.490 e. The highest BCUT2D eigenvalue weighted by atomic mass is 19.4. The van der Waals surface area contributed by atoms with Crippen LogP contribution in [-0.4, -0.2) is 66.8 Å². The summed E-state index contributed by atoms with van der Waals surface area (Å²) >= 11 is 0. The minimum Gasteiger partial charge on any atom is -0.497 e. The number of aliphatic carboxylic acids is 1. The van der Waals surface area contributed by atoms with Gasteiger partial charge in [0.25, 0.3) is 5.91 Å². The van der Waals surface area contributed by atoms with Crippen molar-refractivity contribution >= 4 is 29.3 Å². The van der Waals surface area contributed by atoms with Crippen molar-refractivity contribution in [3.63, 3.8) is 0 Å². The molecule has 0 radical (unpaired) electrons. The molecule has 2 heterocycles. The Balaban J connectivity index is 0.000000727. The number of amides is 3. The highest BCUT2D eigenvalue weighted by molar-refractivity contribution is 6.00. The summed E-state index contributed by atoms with van der Waals surface area (Å²) in [6, 6.07) is 29.5. The third kappa shape index (κ3) is 10.2. The van der Waals surface area contributed by atoms with Crippen molar-refractivity contribution in [3.05, 3.63) is 121 Å². The first-order valence-electron chi connectivity index (χ1n) is 15.0. The SMILES string of the molecule is COc1cccc(NC(=O)Nc2ccc(-c3oc(C(=O)NCC(c4ccccc4)N(C)C)cc3-c3ccncc3)cc2)c1.O=C(O)C(F)(F)F. The molecular formula is C36H34F3N5O6. The van der Waals surface area contributed by atoms with Crippen molar-refractivity contribution in [2.75, 3.05) is 38.4 Å². The molecule has 3 amide bonds. The lowest BCUT2D eigenvalue weighted by Gasteiger charge is -2.24. The molecule has 14 heteroatoms. The third-order valence-electron chi connectivity index (χ3n) is 7.19. The van der Waals surface area contributed by atoms with Gasteiger partial charge >= 0.3 is 18.2 Å². The number of carbonyl (C=O) groups excluding carboxylic acids is 2. The summed E-state index contributed by atoms with van der Waals surface area (Å²) in [7, 11) is 5.54. The number of anilines is 2. The van der Waals surface area contributed by atoms with Crippen LogP contribution in [0, 0.1) is 0 Å². The standard InChI is InChI=1S/C34H33N5O4.C2HF3O2/c1-39(2)30(24-8-5-4-6-9-24)22-36-33(40)31-21-29(23-16-18-35-19-17-23)32(43-31)25-12-14-26(15-13-25)37-34(41)38-27-10-7-11-28(20-27)42-3;3-2(4,5)1(6)7/h4-21,30H,22H2,1-3H3,(H,36,40)(H2,37,38,41);(H,6,7). The van der Waals surface area contributed by atoms with Crippen LogP contribution in [0.4, 0.5) is 29.3 Å². The van der Waals surface area contributed by atoms with Crippen molar-refractivity contribution in [2.45, 2.75) is 12.2 Å². The highest BCUT2D eigenvalue weighted by Gasteiger charge is 2.38. The van der Waals surface area contributed by atoms with Gasteiger partial charge < -0.3 is 35.1 Å². The van der Waals surface area contributed by atoms with Crippen LogP contribution >= 0.6 is 0 Å². The zero-order valence-corrected chi connectivity index (χ0v) is 27.2. The average Bonchev–Trinajstić information content (AvgIpc) is 3.55. The number of hydrogen-bond donors (Lipinski definition) is 4. The van der Waals surface area contributed by atoms with E-state index in [0.29, 0.717) is 29.4 Å². The maximum atomic E-state index is 13.3. The van der Waals surface area contributed by atoms with Gasteiger partial charge in [-0.1, -0.05) is 36.4 Å². The van der Waals surface area contributed by atoms with Gasteiger partial charge in [-0.15, -0.1) is 0 Å². The summed E-state index contributed by atoms with van der Waals surface area (Å²) in [4.78, 5) is 40.9. The van der Waals surface area contributed by atoms with Crippen LogP contribution in [0.3, 0.4) is 0 Å². The molecule has 11 nitrogen and oxygen atoms in total. The molecule has 2 aromatic heterocycles. The summed E-state index contributed by atoms with van der Waals surface area (Å²) in [6.07, 6.45) is -1.69. The maximum absolute atomic E-state index is 13.3. The number of halogens is 3. The predicted molar refractivity (Wildman–Crippen MR) is 182 cm³/mol. The van der Waals surface area contributed by atoms with Crippen LogP contribution < -0.4 is 20.7 Å². The number of pyridine rings is 1. The van der Waals surface area contributed by atoms with Gasteiger partial charge in [-0.3, -0.25) is 9.78 Å². The molecule has 5 rings (SSSR count). The second kappa shape index (κ2) is 16.8. The number of urea groups is 1. The lowest BCUT2D eigenvalue weighted by atomic mass is 10.0. The number of benzene rings is 3. The van der Waals surface area contributed by atoms with Gasteiger partial charge in [0.2, 0.25) is 0 Å². The van der Waals surface area contributed by atoms with E-state index in [1.807, 2.05) is 68.7 Å². The number of nitrogens with zero attached hydrogens (tertiary/aromatic N) is 2. The first kappa shape index (κ1) is 36.7. The zero-order valence-electron chi connectivity index (χ0n) is 27.2. The van der Waals surface area contributed by atoms with Crippen molar-refractivity contribution < 1.29 is 41.8 Å². The molecule has 0 fully saturated rings. The monoisotopic (exact) mass is 689 g/mol. The number of carboxylic acid groups (broad SMARTS) is 1. The Hall–Kier alpha value is -6.15. The minimum absolute atomic E-state index is 0.000384. The molecule has 5 aromatic rings. The Morgan fingerprint density at radius 2 is 1.50 bits per heavy atom. The number of carboxylic acids is 1. The molecule has 260 valence electrons. The van der Waals surface area contributed by atoms with Crippen molar-refractivity contribution in [1.82, 2.24) is 15.2 Å². The van der Waals surface area contributed by atoms with E-state index in [-0.39, 0.29) is 23.7 Å². The number of rotatable bonds is 10. The third-order valence-corrected chi connectivity index (χ3v) is 7.19. The first-order valence-corrected chi connectivity index (χ1v) is 15.0. The van der Waals surface area contributed by atoms with Crippen molar-refractivity contribution in [1.29, 1.82) is 0 Å². The van der Waals surface area contributed by atoms with Gasteiger partial charge in [0.1, 0.15) is 11.5 Å². The molecule has 0 bridgehead atoms. The number of alkyl halides is 3. The number of aromatic nitrogens is 1. The molecule has 50 heavy (non-hydrogen) atoms. The fourth-order valence-electron chi connectivity index (χ4n) is 4.71. The van der Waals surface area contributed by atoms with Crippen LogP contribution in [0.5, 0.6) is 5.75 Å². The van der Waals surface area contributed by atoms with E-state index >= 15 is 0 Å². The van der Waals surface area contributed by atoms with Gasteiger partial charge in [-0.05, 0) is 79.8 Å². The lowest BCUT2D eigenvalue weighted by molar-refractivity contribution is -0.192. The minimum atomic E-state index is -5.08.